The Morgan fingerprint density at radius 1 is 0.818 bits per heavy atom. The lowest BCUT2D eigenvalue weighted by Gasteiger charge is -2.36. The van der Waals surface area contributed by atoms with Gasteiger partial charge >= 0.3 is 0 Å². The molecule has 0 amide bonds. The first-order chi connectivity index (χ1) is 10.6. The lowest BCUT2D eigenvalue weighted by Crippen LogP contribution is -2.37. The first-order valence-electron chi connectivity index (χ1n) is 8.91. The molecule has 1 nitrogen and oxygen atoms in total. The first kappa shape index (κ1) is 15.4. The molecule has 118 valence electrons. The van der Waals surface area contributed by atoms with Crippen molar-refractivity contribution in [2.45, 2.75) is 71.9 Å². The minimum Gasteiger partial charge on any atom is -0.366 e. The number of anilines is 1. The van der Waals surface area contributed by atoms with Crippen LogP contribution in [0.5, 0.6) is 0 Å². The Hall–Kier alpha value is -1.50. The van der Waals surface area contributed by atoms with Crippen LogP contribution in [0.1, 0.15) is 58.1 Å². The van der Waals surface area contributed by atoms with E-state index in [4.69, 9.17) is 0 Å². The van der Waals surface area contributed by atoms with Crippen LogP contribution in [-0.4, -0.2) is 12.1 Å². The van der Waals surface area contributed by atoms with Crippen LogP contribution in [0.2, 0.25) is 0 Å². The summed E-state index contributed by atoms with van der Waals surface area (Å²) in [6, 6.07) is 12.5. The molecule has 0 fully saturated rings. The van der Waals surface area contributed by atoms with Crippen LogP contribution < -0.4 is 4.90 Å². The molecule has 1 aliphatic carbocycles. The van der Waals surface area contributed by atoms with E-state index in [2.05, 4.69) is 62.9 Å². The zero-order valence-corrected chi connectivity index (χ0v) is 14.5. The quantitative estimate of drug-likeness (QED) is 0.653. The Labute approximate surface area is 135 Å². The average Bonchev–Trinajstić information content (AvgIpc) is 2.72. The van der Waals surface area contributed by atoms with Gasteiger partial charge in [0.15, 0.2) is 0 Å². The maximum atomic E-state index is 2.61. The normalized spacial score (nSPS) is 15.2. The molecule has 0 N–H and O–H groups in total. The van der Waals surface area contributed by atoms with Crippen molar-refractivity contribution in [3.05, 3.63) is 41.5 Å². The van der Waals surface area contributed by atoms with Crippen molar-refractivity contribution < 1.29 is 0 Å². The number of nitrogens with zero attached hydrogens (tertiary/aromatic N) is 1. The third-order valence-electron chi connectivity index (χ3n) is 5.00. The maximum absolute atomic E-state index is 2.61. The van der Waals surface area contributed by atoms with Gasteiger partial charge in [-0.3, -0.25) is 0 Å². The van der Waals surface area contributed by atoms with Crippen LogP contribution in [0.25, 0.3) is 10.8 Å². The Morgan fingerprint density at radius 2 is 1.45 bits per heavy atom. The summed E-state index contributed by atoms with van der Waals surface area (Å²) in [4.78, 5) is 2.61. The predicted molar refractivity (Wildman–Crippen MR) is 98.0 cm³/mol. The summed E-state index contributed by atoms with van der Waals surface area (Å²) in [6.07, 6.45) is 6.52. The molecule has 0 saturated heterocycles. The van der Waals surface area contributed by atoms with Crippen molar-refractivity contribution >= 4 is 16.5 Å². The molecule has 1 aliphatic rings. The third kappa shape index (κ3) is 2.74. The van der Waals surface area contributed by atoms with E-state index in [9.17, 15) is 0 Å². The second-order valence-electron chi connectivity index (χ2n) is 7.23. The van der Waals surface area contributed by atoms with Gasteiger partial charge in [0.1, 0.15) is 0 Å². The molecule has 1 heteroatoms. The van der Waals surface area contributed by atoms with Crippen LogP contribution in [0.3, 0.4) is 0 Å². The van der Waals surface area contributed by atoms with E-state index >= 15 is 0 Å². The number of fused-ring (bicyclic) bond motifs is 3. The summed E-state index contributed by atoms with van der Waals surface area (Å²) in [5.41, 5.74) is 4.73. The standard InChI is InChI=1S/C21H29N/c1-15(2)22(16(3)4)21-14-17-10-8-9-11-18(17)19-12-6-5-7-13-20(19)21/h8-11,14-16H,5-7,12-13H2,1-4H3. The smallest absolute Gasteiger partial charge is 0.0412 e. The van der Waals surface area contributed by atoms with E-state index in [1.807, 2.05) is 0 Å². The van der Waals surface area contributed by atoms with Gasteiger partial charge in [0.25, 0.3) is 0 Å². The topological polar surface area (TPSA) is 3.24 Å². The highest BCUT2D eigenvalue weighted by molar-refractivity contribution is 5.91. The first-order valence-corrected chi connectivity index (χ1v) is 8.91. The zero-order valence-electron chi connectivity index (χ0n) is 14.5. The monoisotopic (exact) mass is 295 g/mol. The summed E-state index contributed by atoms with van der Waals surface area (Å²) < 4.78 is 0. The molecule has 0 bridgehead atoms. The minimum absolute atomic E-state index is 0.536. The van der Waals surface area contributed by atoms with Crippen molar-refractivity contribution in [3.63, 3.8) is 0 Å². The predicted octanol–water partition coefficient (Wildman–Crippen LogP) is 5.73. The second kappa shape index (κ2) is 6.32. The lowest BCUT2D eigenvalue weighted by atomic mass is 9.92. The fraction of sp³-hybridized carbons (Fsp3) is 0.524. The van der Waals surface area contributed by atoms with E-state index in [0.29, 0.717) is 12.1 Å². The van der Waals surface area contributed by atoms with E-state index in [1.54, 1.807) is 11.1 Å². The van der Waals surface area contributed by atoms with Crippen molar-refractivity contribution in [3.8, 4) is 0 Å². The van der Waals surface area contributed by atoms with Gasteiger partial charge in [-0.05, 0) is 81.3 Å². The van der Waals surface area contributed by atoms with Crippen LogP contribution >= 0.6 is 0 Å². The number of hydrogen-bond acceptors (Lipinski definition) is 1. The largest absolute Gasteiger partial charge is 0.366 e. The average molecular weight is 295 g/mol. The molecule has 2 aromatic carbocycles. The Morgan fingerprint density at radius 3 is 2.14 bits per heavy atom. The number of hydrogen-bond donors (Lipinski definition) is 0. The minimum atomic E-state index is 0.536. The van der Waals surface area contributed by atoms with Gasteiger partial charge in [-0.15, -0.1) is 0 Å². The zero-order chi connectivity index (χ0) is 15.7. The number of aryl methyl sites for hydroxylation is 1. The fourth-order valence-electron chi connectivity index (χ4n) is 4.18. The van der Waals surface area contributed by atoms with Gasteiger partial charge in [-0.1, -0.05) is 30.7 Å². The van der Waals surface area contributed by atoms with Crippen LogP contribution in [0.15, 0.2) is 30.3 Å². The molecule has 0 saturated carbocycles. The summed E-state index contributed by atoms with van der Waals surface area (Å²) in [5.74, 6) is 0. The molecule has 0 atom stereocenters. The number of rotatable bonds is 3. The molecule has 0 aliphatic heterocycles. The molecule has 22 heavy (non-hydrogen) atoms. The highest BCUT2D eigenvalue weighted by atomic mass is 15.2. The van der Waals surface area contributed by atoms with E-state index in [0.717, 1.165) is 0 Å². The van der Waals surface area contributed by atoms with Gasteiger partial charge in [0, 0.05) is 17.8 Å². The van der Waals surface area contributed by atoms with E-state index < -0.39 is 0 Å². The molecule has 2 aromatic rings. The van der Waals surface area contributed by atoms with Gasteiger partial charge in [0.05, 0.1) is 0 Å². The second-order valence-corrected chi connectivity index (χ2v) is 7.23. The van der Waals surface area contributed by atoms with Crippen LogP contribution in [-0.2, 0) is 12.8 Å². The Kier molecular flexibility index (Phi) is 4.42. The highest BCUT2D eigenvalue weighted by Crippen LogP contribution is 2.37. The Bertz CT molecular complexity index is 646. The molecule has 0 unspecified atom stereocenters. The summed E-state index contributed by atoms with van der Waals surface area (Å²) in [6.45, 7) is 9.27. The van der Waals surface area contributed by atoms with Crippen molar-refractivity contribution in [2.75, 3.05) is 4.90 Å². The third-order valence-corrected chi connectivity index (χ3v) is 5.00. The molecular formula is C21H29N. The summed E-state index contributed by atoms with van der Waals surface area (Å²) in [7, 11) is 0. The SMILES string of the molecule is CC(C)N(c1cc2ccccc2c2c1CCCCC2)C(C)C. The van der Waals surface area contributed by atoms with Crippen molar-refractivity contribution in [1.82, 2.24) is 0 Å². The molecule has 0 radical (unpaired) electrons. The molecular weight excluding hydrogens is 266 g/mol. The van der Waals surface area contributed by atoms with Gasteiger partial charge in [-0.2, -0.15) is 0 Å². The van der Waals surface area contributed by atoms with Crippen molar-refractivity contribution in [2.24, 2.45) is 0 Å². The van der Waals surface area contributed by atoms with E-state index in [-0.39, 0.29) is 0 Å². The van der Waals surface area contributed by atoms with Gasteiger partial charge in [0.2, 0.25) is 0 Å². The van der Waals surface area contributed by atoms with E-state index in [1.165, 1.54) is 48.6 Å². The molecule has 3 rings (SSSR count). The Balaban J connectivity index is 2.27. The fourth-order valence-corrected chi connectivity index (χ4v) is 4.18. The molecule has 0 aromatic heterocycles. The lowest BCUT2D eigenvalue weighted by molar-refractivity contribution is 0.604. The van der Waals surface area contributed by atoms with Crippen LogP contribution in [0.4, 0.5) is 5.69 Å². The van der Waals surface area contributed by atoms with Crippen molar-refractivity contribution in [1.29, 1.82) is 0 Å². The van der Waals surface area contributed by atoms with Gasteiger partial charge < -0.3 is 4.90 Å². The highest BCUT2D eigenvalue weighted by Gasteiger charge is 2.22. The molecule has 0 heterocycles. The maximum Gasteiger partial charge on any atom is 0.0412 e. The van der Waals surface area contributed by atoms with Crippen LogP contribution in [0, 0.1) is 0 Å². The molecule has 0 spiro atoms. The summed E-state index contributed by atoms with van der Waals surface area (Å²) in [5, 5.41) is 2.89. The number of benzene rings is 2. The summed E-state index contributed by atoms with van der Waals surface area (Å²) >= 11 is 0. The van der Waals surface area contributed by atoms with Gasteiger partial charge in [-0.25, -0.2) is 0 Å².